The van der Waals surface area contributed by atoms with Crippen LogP contribution < -0.4 is 4.74 Å². The van der Waals surface area contributed by atoms with Gasteiger partial charge in [-0.2, -0.15) is 0 Å². The fourth-order valence-corrected chi connectivity index (χ4v) is 12.3. The molecule has 1 aliphatic heterocycles. The van der Waals surface area contributed by atoms with Gasteiger partial charge in [-0.25, -0.2) is 15.0 Å². The Labute approximate surface area is 316 Å². The van der Waals surface area contributed by atoms with E-state index < -0.39 is 5.41 Å². The van der Waals surface area contributed by atoms with Crippen LogP contribution in [0.25, 0.3) is 33.9 Å². The van der Waals surface area contributed by atoms with Crippen LogP contribution in [0.1, 0.15) is 72.5 Å². The van der Waals surface area contributed by atoms with E-state index in [1.807, 2.05) is 0 Å². The molecular formula is C50H41N3O. The summed E-state index contributed by atoms with van der Waals surface area (Å²) >= 11 is 0. The first-order chi connectivity index (χ1) is 26.7. The van der Waals surface area contributed by atoms with Gasteiger partial charge in [0, 0.05) is 33.9 Å². The fourth-order valence-electron chi connectivity index (χ4n) is 12.3. The molecule has 4 bridgehead atoms. The molecular weight excluding hydrogens is 659 g/mol. The summed E-state index contributed by atoms with van der Waals surface area (Å²) in [6.07, 6.45) is 16.9. The Bertz CT molecular complexity index is 2520. The highest BCUT2D eigenvalue weighted by Crippen LogP contribution is 2.66. The molecule has 1 spiro atoms. The van der Waals surface area contributed by atoms with Crippen LogP contribution in [0.4, 0.5) is 0 Å². The number of benzene rings is 5. The second-order valence-electron chi connectivity index (χ2n) is 16.9. The summed E-state index contributed by atoms with van der Waals surface area (Å²) in [4.78, 5) is 16.5. The van der Waals surface area contributed by atoms with Crippen LogP contribution >= 0.6 is 0 Å². The fraction of sp³-hybridized carbons (Fsp3) is 0.260. The lowest BCUT2D eigenvalue weighted by Gasteiger charge is -2.56. The Morgan fingerprint density at radius 1 is 0.537 bits per heavy atom. The summed E-state index contributed by atoms with van der Waals surface area (Å²) in [6.45, 7) is 0. The van der Waals surface area contributed by atoms with Crippen molar-refractivity contribution in [1.29, 1.82) is 0 Å². The van der Waals surface area contributed by atoms with Gasteiger partial charge in [-0.3, -0.25) is 0 Å². The third kappa shape index (κ3) is 4.34. The number of nitrogens with zero attached hydrogens (tertiary/aromatic N) is 3. The van der Waals surface area contributed by atoms with Crippen LogP contribution in [-0.4, -0.2) is 15.0 Å². The SMILES string of the molecule is C1=CC2c3ccccc3C3(c4ccccc4Oc4c(-c5nc(-c6cccc(-c7ccccc7)c6)nc(C67CC8C[C@H](C6)C[C@@H](C8)C7)n5)cccc43)C2C=C1. The molecule has 0 amide bonds. The van der Waals surface area contributed by atoms with Gasteiger partial charge in [-0.05, 0) is 96.7 Å². The van der Waals surface area contributed by atoms with Crippen molar-refractivity contribution < 1.29 is 4.74 Å². The molecule has 0 radical (unpaired) electrons. The van der Waals surface area contributed by atoms with Gasteiger partial charge in [0.2, 0.25) is 0 Å². The smallest absolute Gasteiger partial charge is 0.167 e. The van der Waals surface area contributed by atoms with E-state index in [0.717, 1.165) is 57.6 Å². The summed E-state index contributed by atoms with van der Waals surface area (Å²) in [5.74, 6) is 7.02. The van der Waals surface area contributed by atoms with Crippen molar-refractivity contribution in [2.75, 3.05) is 0 Å². The van der Waals surface area contributed by atoms with Crippen molar-refractivity contribution >= 4 is 0 Å². The van der Waals surface area contributed by atoms with Crippen molar-refractivity contribution in [3.63, 3.8) is 0 Å². The largest absolute Gasteiger partial charge is 0.456 e. The molecule has 262 valence electrons. The minimum atomic E-state index is -0.425. The molecule has 13 rings (SSSR count). The maximum absolute atomic E-state index is 7.11. The summed E-state index contributed by atoms with van der Waals surface area (Å²) in [6, 6.07) is 43.8. The minimum Gasteiger partial charge on any atom is -0.456 e. The van der Waals surface area contributed by atoms with E-state index in [-0.39, 0.29) is 17.3 Å². The zero-order valence-corrected chi connectivity index (χ0v) is 30.2. The van der Waals surface area contributed by atoms with E-state index in [1.54, 1.807) is 0 Å². The lowest BCUT2D eigenvalue weighted by molar-refractivity contribution is -0.00938. The van der Waals surface area contributed by atoms with Gasteiger partial charge < -0.3 is 4.74 Å². The Kier molecular flexibility index (Phi) is 6.53. The predicted octanol–water partition coefficient (Wildman–Crippen LogP) is 11.6. The molecule has 3 unspecified atom stereocenters. The van der Waals surface area contributed by atoms with Crippen LogP contribution in [0, 0.1) is 23.7 Å². The maximum atomic E-state index is 7.11. The van der Waals surface area contributed by atoms with E-state index in [1.165, 1.54) is 66.3 Å². The quantitative estimate of drug-likeness (QED) is 0.184. The first-order valence-corrected chi connectivity index (χ1v) is 19.9. The van der Waals surface area contributed by atoms with Crippen LogP contribution in [0.15, 0.2) is 146 Å². The average Bonchev–Trinajstić information content (AvgIpc) is 3.51. The van der Waals surface area contributed by atoms with E-state index >= 15 is 0 Å². The minimum absolute atomic E-state index is 0.00140. The highest BCUT2D eigenvalue weighted by molar-refractivity contribution is 5.78. The number of allylic oxidation sites excluding steroid dienone is 4. The molecule has 54 heavy (non-hydrogen) atoms. The van der Waals surface area contributed by atoms with Crippen molar-refractivity contribution in [2.45, 2.75) is 55.3 Å². The maximum Gasteiger partial charge on any atom is 0.167 e. The highest BCUT2D eigenvalue weighted by Gasteiger charge is 2.57. The summed E-state index contributed by atoms with van der Waals surface area (Å²) < 4.78 is 7.11. The summed E-state index contributed by atoms with van der Waals surface area (Å²) in [5.41, 5.74) is 9.03. The zero-order valence-electron chi connectivity index (χ0n) is 30.2. The van der Waals surface area contributed by atoms with E-state index in [0.29, 0.717) is 5.82 Å². The number of hydrogen-bond donors (Lipinski definition) is 0. The molecule has 0 saturated heterocycles. The van der Waals surface area contributed by atoms with Crippen LogP contribution in [0.5, 0.6) is 11.5 Å². The molecule has 6 aromatic rings. The Balaban J connectivity index is 1.09. The highest BCUT2D eigenvalue weighted by atomic mass is 16.5. The standard InChI is InChI=1S/C50H41N3O/c1-2-12-34(13-3-1)35-14-10-15-36(27-35)46-51-47(53-48(52-46)49-28-31-24-32(29-49)26-33(25-31)30-49)39-18-11-22-43-45(39)54-44-23-9-8-21-42(44)50(43)40-19-6-4-16-37(40)38-17-5-7-20-41(38)50/h1-23,27,31-33,37,40H,24-26,28-30H2/t31-,32+,33?,37?,40?,49?,50?. The monoisotopic (exact) mass is 699 g/mol. The normalized spacial score (nSPS) is 29.0. The molecule has 3 atom stereocenters. The number of ether oxygens (including phenoxy) is 1. The summed E-state index contributed by atoms with van der Waals surface area (Å²) in [5, 5.41) is 0. The van der Waals surface area contributed by atoms with Crippen LogP contribution in [0.3, 0.4) is 0 Å². The number of hydrogen-bond acceptors (Lipinski definition) is 4. The molecule has 2 heterocycles. The first kappa shape index (κ1) is 30.8. The molecule has 4 saturated carbocycles. The van der Waals surface area contributed by atoms with Gasteiger partial charge in [-0.15, -0.1) is 0 Å². The second kappa shape index (κ2) is 11.4. The lowest BCUT2D eigenvalue weighted by atomic mass is 9.49. The summed E-state index contributed by atoms with van der Waals surface area (Å²) in [7, 11) is 0. The number of para-hydroxylation sites is 2. The number of fused-ring (bicyclic) bond motifs is 9. The third-order valence-corrected chi connectivity index (χ3v) is 14.0. The predicted molar refractivity (Wildman–Crippen MR) is 213 cm³/mol. The van der Waals surface area contributed by atoms with Gasteiger partial charge in [-0.1, -0.05) is 127 Å². The van der Waals surface area contributed by atoms with Gasteiger partial charge >= 0.3 is 0 Å². The van der Waals surface area contributed by atoms with E-state index in [2.05, 4.69) is 146 Å². The molecule has 4 nitrogen and oxygen atoms in total. The van der Waals surface area contributed by atoms with Crippen molar-refractivity contribution in [2.24, 2.45) is 23.7 Å². The van der Waals surface area contributed by atoms with Gasteiger partial charge in [0.15, 0.2) is 11.6 Å². The molecule has 5 aromatic carbocycles. The zero-order chi connectivity index (χ0) is 35.4. The number of aromatic nitrogens is 3. The molecule has 4 heteroatoms. The average molecular weight is 700 g/mol. The van der Waals surface area contributed by atoms with Gasteiger partial charge in [0.1, 0.15) is 17.3 Å². The van der Waals surface area contributed by atoms with Crippen LogP contribution in [0.2, 0.25) is 0 Å². The molecule has 6 aliphatic carbocycles. The third-order valence-electron chi connectivity index (χ3n) is 14.0. The Hall–Kier alpha value is -5.61. The second-order valence-corrected chi connectivity index (χ2v) is 16.9. The Morgan fingerprint density at radius 3 is 2.02 bits per heavy atom. The first-order valence-electron chi connectivity index (χ1n) is 19.9. The topological polar surface area (TPSA) is 47.9 Å². The molecule has 4 fully saturated rings. The number of rotatable bonds is 4. The van der Waals surface area contributed by atoms with Crippen LogP contribution in [-0.2, 0) is 10.8 Å². The lowest BCUT2D eigenvalue weighted by Crippen LogP contribution is -2.49. The molecule has 0 N–H and O–H groups in total. The van der Waals surface area contributed by atoms with Gasteiger partial charge in [0.05, 0.1) is 11.0 Å². The van der Waals surface area contributed by atoms with Crippen molar-refractivity contribution in [3.8, 4) is 45.4 Å². The van der Waals surface area contributed by atoms with Crippen molar-refractivity contribution in [3.05, 3.63) is 174 Å². The molecule has 1 aromatic heterocycles. The Morgan fingerprint density at radius 2 is 1.19 bits per heavy atom. The van der Waals surface area contributed by atoms with Gasteiger partial charge in [0.25, 0.3) is 0 Å². The van der Waals surface area contributed by atoms with E-state index in [9.17, 15) is 0 Å². The molecule has 7 aliphatic rings. The van der Waals surface area contributed by atoms with Crippen molar-refractivity contribution in [1.82, 2.24) is 15.0 Å². The van der Waals surface area contributed by atoms with E-state index in [4.69, 9.17) is 19.7 Å².